The van der Waals surface area contributed by atoms with Crippen LogP contribution in [0.25, 0.3) is 0 Å². The molecule has 0 spiro atoms. The zero-order valence-corrected chi connectivity index (χ0v) is 16.4. The van der Waals surface area contributed by atoms with Crippen molar-refractivity contribution in [2.75, 3.05) is 4.90 Å². The van der Waals surface area contributed by atoms with Crippen molar-refractivity contribution in [3.63, 3.8) is 0 Å². The minimum Gasteiger partial charge on any atom is -0.503 e. The van der Waals surface area contributed by atoms with Crippen molar-refractivity contribution in [3.05, 3.63) is 80.9 Å². The summed E-state index contributed by atoms with van der Waals surface area (Å²) in [6, 6.07) is 9.86. The second-order valence-corrected chi connectivity index (χ2v) is 7.87. The lowest BCUT2D eigenvalue weighted by Crippen LogP contribution is -2.30. The molecular formula is C21H18N2O4S. The number of furan rings is 1. The van der Waals surface area contributed by atoms with Gasteiger partial charge in [0.1, 0.15) is 11.8 Å². The Bertz CT molecular complexity index is 1110. The molecule has 7 heteroatoms. The van der Waals surface area contributed by atoms with E-state index in [0.717, 1.165) is 10.6 Å². The second-order valence-electron chi connectivity index (χ2n) is 6.67. The van der Waals surface area contributed by atoms with Crippen LogP contribution in [0.4, 0.5) is 5.69 Å². The van der Waals surface area contributed by atoms with Crippen LogP contribution in [0.5, 0.6) is 0 Å². The molecule has 1 atom stereocenters. The van der Waals surface area contributed by atoms with Gasteiger partial charge in [-0.25, -0.2) is 4.98 Å². The number of thiazole rings is 1. The Hall–Kier alpha value is -3.19. The molecule has 2 aromatic heterocycles. The number of aliphatic hydroxyl groups excluding tert-OH is 1. The summed E-state index contributed by atoms with van der Waals surface area (Å²) < 4.78 is 5.54. The Morgan fingerprint density at radius 3 is 2.61 bits per heavy atom. The second kappa shape index (κ2) is 6.76. The maximum absolute atomic E-state index is 13.3. The van der Waals surface area contributed by atoms with Crippen LogP contribution < -0.4 is 4.90 Å². The van der Waals surface area contributed by atoms with E-state index in [2.05, 4.69) is 4.98 Å². The van der Waals surface area contributed by atoms with E-state index in [1.807, 2.05) is 32.0 Å². The topological polar surface area (TPSA) is 83.6 Å². The van der Waals surface area contributed by atoms with Crippen LogP contribution in [-0.4, -0.2) is 21.8 Å². The Morgan fingerprint density at radius 2 is 2.00 bits per heavy atom. The number of aromatic nitrogens is 1. The van der Waals surface area contributed by atoms with Crippen molar-refractivity contribution in [1.82, 2.24) is 4.98 Å². The number of nitrogens with zero attached hydrogens (tertiary/aromatic N) is 2. The van der Waals surface area contributed by atoms with Crippen LogP contribution in [0.3, 0.4) is 0 Å². The van der Waals surface area contributed by atoms with E-state index in [-0.39, 0.29) is 5.57 Å². The summed E-state index contributed by atoms with van der Waals surface area (Å²) in [4.78, 5) is 32.4. The van der Waals surface area contributed by atoms with Gasteiger partial charge in [-0.05, 0) is 50.6 Å². The van der Waals surface area contributed by atoms with Crippen molar-refractivity contribution in [3.8, 4) is 0 Å². The number of benzene rings is 1. The number of hydrogen-bond acceptors (Lipinski definition) is 6. The van der Waals surface area contributed by atoms with E-state index in [1.165, 1.54) is 22.5 Å². The number of Topliss-reactive ketones (excluding diaryl/α,β-unsaturated/α-hetero) is 1. The molecule has 0 radical (unpaired) electrons. The van der Waals surface area contributed by atoms with Gasteiger partial charge in [-0.1, -0.05) is 12.1 Å². The molecule has 0 saturated carbocycles. The third kappa shape index (κ3) is 2.84. The SMILES string of the molecule is Cc1cccc(N2C(=O)C(O)=C(C(=O)c3sc(C)nc3C)C2c2ccco2)c1. The van der Waals surface area contributed by atoms with Crippen LogP contribution in [0.1, 0.15) is 37.7 Å². The summed E-state index contributed by atoms with van der Waals surface area (Å²) >= 11 is 1.24. The lowest BCUT2D eigenvalue weighted by atomic mass is 9.99. The molecule has 28 heavy (non-hydrogen) atoms. The molecule has 0 fully saturated rings. The van der Waals surface area contributed by atoms with Crippen LogP contribution in [0.15, 0.2) is 58.4 Å². The van der Waals surface area contributed by atoms with E-state index in [9.17, 15) is 14.7 Å². The van der Waals surface area contributed by atoms with Crippen molar-refractivity contribution in [2.45, 2.75) is 26.8 Å². The fraction of sp³-hybridized carbons (Fsp3) is 0.190. The number of carbonyl (C=O) groups is 2. The predicted molar refractivity (Wildman–Crippen MR) is 106 cm³/mol. The average molecular weight is 394 g/mol. The number of anilines is 1. The van der Waals surface area contributed by atoms with E-state index >= 15 is 0 Å². The molecule has 0 bridgehead atoms. The summed E-state index contributed by atoms with van der Waals surface area (Å²) in [5.41, 5.74) is 2.12. The lowest BCUT2D eigenvalue weighted by molar-refractivity contribution is -0.117. The van der Waals surface area contributed by atoms with E-state index < -0.39 is 23.5 Å². The maximum atomic E-state index is 13.3. The standard InChI is InChI=1S/C21H18N2O4S/c1-11-6-4-7-14(10-11)23-17(15-8-5-9-27-15)16(19(25)21(23)26)18(24)20-12(2)22-13(3)28-20/h4-10,17,25H,1-3H3. The first-order chi connectivity index (χ1) is 13.4. The van der Waals surface area contributed by atoms with Crippen molar-refractivity contribution in [2.24, 2.45) is 0 Å². The lowest BCUT2D eigenvalue weighted by Gasteiger charge is -2.25. The van der Waals surface area contributed by atoms with E-state index in [0.29, 0.717) is 22.0 Å². The van der Waals surface area contributed by atoms with Gasteiger partial charge < -0.3 is 9.52 Å². The van der Waals surface area contributed by atoms with E-state index in [1.54, 1.807) is 25.1 Å². The minimum absolute atomic E-state index is 0.00760. The van der Waals surface area contributed by atoms with Crippen molar-refractivity contribution >= 4 is 28.7 Å². The third-order valence-corrected chi connectivity index (χ3v) is 5.73. The summed E-state index contributed by atoms with van der Waals surface area (Å²) in [5, 5.41) is 11.4. The van der Waals surface area contributed by atoms with Crippen LogP contribution in [-0.2, 0) is 4.79 Å². The first kappa shape index (κ1) is 18.2. The first-order valence-electron chi connectivity index (χ1n) is 8.74. The Morgan fingerprint density at radius 1 is 1.21 bits per heavy atom. The highest BCUT2D eigenvalue weighted by Crippen LogP contribution is 2.42. The van der Waals surface area contributed by atoms with Crippen molar-refractivity contribution in [1.29, 1.82) is 0 Å². The average Bonchev–Trinajstić information content (AvgIpc) is 3.34. The number of ketones is 1. The highest BCUT2D eigenvalue weighted by Gasteiger charge is 2.46. The van der Waals surface area contributed by atoms with Crippen LogP contribution in [0, 0.1) is 20.8 Å². The number of aliphatic hydroxyl groups is 1. The molecule has 6 nitrogen and oxygen atoms in total. The monoisotopic (exact) mass is 394 g/mol. The summed E-state index contributed by atoms with van der Waals surface area (Å²) in [5.74, 6) is -1.20. The molecule has 4 rings (SSSR count). The summed E-state index contributed by atoms with van der Waals surface area (Å²) in [7, 11) is 0. The molecule has 1 unspecified atom stereocenters. The normalized spacial score (nSPS) is 16.9. The van der Waals surface area contributed by atoms with E-state index in [4.69, 9.17) is 4.42 Å². The molecule has 3 aromatic rings. The van der Waals surface area contributed by atoms with Gasteiger partial charge in [0, 0.05) is 5.69 Å². The molecule has 1 aliphatic rings. The van der Waals surface area contributed by atoms with Gasteiger partial charge >= 0.3 is 0 Å². The molecule has 1 aliphatic heterocycles. The number of aryl methyl sites for hydroxylation is 3. The molecule has 0 saturated heterocycles. The highest BCUT2D eigenvalue weighted by atomic mass is 32.1. The maximum Gasteiger partial charge on any atom is 0.294 e. The van der Waals surface area contributed by atoms with Gasteiger partial charge in [-0.15, -0.1) is 11.3 Å². The Balaban J connectivity index is 1.88. The molecule has 1 amide bonds. The molecule has 3 heterocycles. The zero-order chi connectivity index (χ0) is 20.0. The van der Waals surface area contributed by atoms with Crippen molar-refractivity contribution < 1.29 is 19.1 Å². The molecule has 1 aromatic carbocycles. The fourth-order valence-electron chi connectivity index (χ4n) is 3.46. The molecule has 0 aliphatic carbocycles. The quantitative estimate of drug-likeness (QED) is 0.661. The van der Waals surface area contributed by atoms with Gasteiger partial charge in [0.2, 0.25) is 5.78 Å². The third-order valence-electron chi connectivity index (χ3n) is 4.66. The summed E-state index contributed by atoms with van der Waals surface area (Å²) in [6.45, 7) is 5.46. The Kier molecular flexibility index (Phi) is 4.39. The van der Waals surface area contributed by atoms with Gasteiger partial charge in [-0.3, -0.25) is 14.5 Å². The minimum atomic E-state index is -0.849. The number of carbonyl (C=O) groups excluding carboxylic acids is 2. The smallest absolute Gasteiger partial charge is 0.294 e. The van der Waals surface area contributed by atoms with Gasteiger partial charge in [0.05, 0.1) is 27.4 Å². The Labute approximate surface area is 165 Å². The highest BCUT2D eigenvalue weighted by molar-refractivity contribution is 7.14. The first-order valence-corrected chi connectivity index (χ1v) is 9.55. The van der Waals surface area contributed by atoms with Gasteiger partial charge in [0.25, 0.3) is 5.91 Å². The predicted octanol–water partition coefficient (Wildman–Crippen LogP) is 4.44. The van der Waals surface area contributed by atoms with Gasteiger partial charge in [0.15, 0.2) is 5.76 Å². The molecular weight excluding hydrogens is 376 g/mol. The van der Waals surface area contributed by atoms with Crippen LogP contribution >= 0.6 is 11.3 Å². The molecule has 142 valence electrons. The largest absolute Gasteiger partial charge is 0.503 e. The number of hydrogen-bond donors (Lipinski definition) is 1. The fourth-order valence-corrected chi connectivity index (χ4v) is 4.34. The number of rotatable bonds is 4. The zero-order valence-electron chi connectivity index (χ0n) is 15.6. The number of amides is 1. The van der Waals surface area contributed by atoms with Crippen LogP contribution in [0.2, 0.25) is 0 Å². The molecule has 1 N–H and O–H groups in total. The van der Waals surface area contributed by atoms with Gasteiger partial charge in [-0.2, -0.15) is 0 Å². The summed E-state index contributed by atoms with van der Waals surface area (Å²) in [6.07, 6.45) is 1.48.